The molecule has 11 heteroatoms. The fourth-order valence-corrected chi connectivity index (χ4v) is 9.34. The zero-order valence-corrected chi connectivity index (χ0v) is 31.6. The Morgan fingerprint density at radius 1 is 1.06 bits per heavy atom. The van der Waals surface area contributed by atoms with Gasteiger partial charge in [-0.15, -0.1) is 0 Å². The van der Waals surface area contributed by atoms with Crippen LogP contribution in [0.4, 0.5) is 0 Å². The molecule has 48 heavy (non-hydrogen) atoms. The minimum Gasteiger partial charge on any atom is -0.463 e. The first-order chi connectivity index (χ1) is 22.4. The molecular weight excluding hydrogens is 614 g/mol. The van der Waals surface area contributed by atoms with E-state index in [0.717, 1.165) is 32.1 Å². The number of likely N-dealkylation sites (N-methyl/N-ethyl adjacent to an activating group) is 2. The maximum Gasteiger partial charge on any atom is 0.319 e. The number of amides is 1. The van der Waals surface area contributed by atoms with Crippen LogP contribution in [0.3, 0.4) is 0 Å². The van der Waals surface area contributed by atoms with Crippen LogP contribution in [0.2, 0.25) is 0 Å². The van der Waals surface area contributed by atoms with Crippen LogP contribution in [-0.2, 0) is 33.3 Å². The second-order valence-electron chi connectivity index (χ2n) is 16.5. The van der Waals surface area contributed by atoms with E-state index in [1.165, 1.54) is 0 Å². The van der Waals surface area contributed by atoms with E-state index in [2.05, 4.69) is 23.8 Å². The molecule has 2 bridgehead atoms. The Morgan fingerprint density at radius 2 is 1.69 bits per heavy atom. The Bertz CT molecular complexity index is 1120. The van der Waals surface area contributed by atoms with Crippen molar-refractivity contribution in [3.63, 3.8) is 0 Å². The van der Waals surface area contributed by atoms with Crippen molar-refractivity contribution in [2.24, 2.45) is 23.2 Å². The summed E-state index contributed by atoms with van der Waals surface area (Å²) in [5.74, 6) is -1.01. The molecule has 11 nitrogen and oxygen atoms in total. The Balaban J connectivity index is 1.64. The van der Waals surface area contributed by atoms with Crippen molar-refractivity contribution in [1.82, 2.24) is 14.7 Å². The first-order valence-electron chi connectivity index (χ1n) is 18.4. The lowest BCUT2D eigenvalue weighted by atomic mass is 9.74. The number of esters is 1. The van der Waals surface area contributed by atoms with Crippen LogP contribution in [0.5, 0.6) is 0 Å². The third-order valence-electron chi connectivity index (χ3n) is 12.0. The Morgan fingerprint density at radius 3 is 2.25 bits per heavy atom. The number of Topliss-reactive ketones (excluding diaryl/α,β-unsaturated/α-hetero) is 1. The summed E-state index contributed by atoms with van der Waals surface area (Å²) in [6, 6.07) is 0.207. The number of carbonyl (C=O) groups is 3. The largest absolute Gasteiger partial charge is 0.463 e. The van der Waals surface area contributed by atoms with Crippen LogP contribution in [0.25, 0.3) is 0 Å². The van der Waals surface area contributed by atoms with Gasteiger partial charge in [0.2, 0.25) is 5.91 Å². The SMILES string of the molecule is CCCC(=O)N1C2CCC1CC([C@@H]1COC(=O)C(C)(C)C(=O)[C@H](C)[C@@H](O[C@@H]3O[C@H](C)C[C@H](N(C)C)[C@H]3O)[C@](C)(OC)C[C@@H](C)CN1C)C2. The van der Waals surface area contributed by atoms with E-state index in [9.17, 15) is 19.5 Å². The van der Waals surface area contributed by atoms with E-state index >= 15 is 0 Å². The number of hydrogen-bond acceptors (Lipinski definition) is 10. The normalized spacial score (nSPS) is 41.8. The minimum atomic E-state index is -1.45. The average Bonchev–Trinajstić information content (AvgIpc) is 3.29. The quantitative estimate of drug-likeness (QED) is 0.314. The van der Waals surface area contributed by atoms with Gasteiger partial charge in [-0.25, -0.2) is 0 Å². The van der Waals surface area contributed by atoms with Crippen LogP contribution >= 0.6 is 0 Å². The first kappa shape index (κ1) is 39.2. The number of hydrogen-bond donors (Lipinski definition) is 1. The fourth-order valence-electron chi connectivity index (χ4n) is 9.34. The number of fused-ring (bicyclic) bond motifs is 2. The summed E-state index contributed by atoms with van der Waals surface area (Å²) in [5, 5.41) is 11.4. The highest BCUT2D eigenvalue weighted by Crippen LogP contribution is 2.43. The van der Waals surface area contributed by atoms with E-state index in [1.54, 1.807) is 27.9 Å². The lowest BCUT2D eigenvalue weighted by molar-refractivity contribution is -0.295. The van der Waals surface area contributed by atoms with Crippen molar-refractivity contribution in [2.75, 3.05) is 41.4 Å². The van der Waals surface area contributed by atoms with E-state index in [0.29, 0.717) is 25.8 Å². The molecule has 4 saturated heterocycles. The van der Waals surface area contributed by atoms with E-state index in [4.69, 9.17) is 18.9 Å². The standard InChI is InChI=1S/C37H65N3O8/c1-12-13-30(41)40-26-14-15-27(40)18-25(17-26)29-21-46-35(44)36(5,6)32(43)24(4)33(37(7,45-11)19-22(2)20-39(29)10)48-34-31(42)28(38(8)9)16-23(3)47-34/h22-29,31,33-34,42H,12-21H2,1-11H3/t22-,23-,24+,25?,26?,27?,28+,29+,31-,33-,34+,37-/m1/s1. The van der Waals surface area contributed by atoms with Crippen LogP contribution < -0.4 is 0 Å². The molecule has 4 aliphatic rings. The van der Waals surface area contributed by atoms with Crippen molar-refractivity contribution in [3.8, 4) is 0 Å². The molecule has 0 radical (unpaired) electrons. The maximum absolute atomic E-state index is 14.3. The summed E-state index contributed by atoms with van der Waals surface area (Å²) in [6.45, 7) is 14.1. The number of ketones is 1. The summed E-state index contributed by atoms with van der Waals surface area (Å²) in [4.78, 5) is 47.6. The average molecular weight is 680 g/mol. The predicted molar refractivity (Wildman–Crippen MR) is 183 cm³/mol. The lowest BCUT2D eigenvalue weighted by Gasteiger charge is -2.47. The van der Waals surface area contributed by atoms with Crippen LogP contribution in [0, 0.1) is 23.2 Å². The minimum absolute atomic E-state index is 0.0527. The fraction of sp³-hybridized carbons (Fsp3) is 0.919. The van der Waals surface area contributed by atoms with Gasteiger partial charge in [0.15, 0.2) is 12.1 Å². The number of rotatable bonds is 7. The molecule has 11 atom stereocenters. The highest BCUT2D eigenvalue weighted by atomic mass is 16.7. The summed E-state index contributed by atoms with van der Waals surface area (Å²) in [5.41, 5.74) is -2.39. The molecule has 4 heterocycles. The Hall–Kier alpha value is -1.63. The van der Waals surface area contributed by atoms with Crippen molar-refractivity contribution in [2.45, 2.75) is 154 Å². The van der Waals surface area contributed by atoms with Crippen molar-refractivity contribution < 1.29 is 38.4 Å². The highest BCUT2D eigenvalue weighted by Gasteiger charge is 2.52. The van der Waals surface area contributed by atoms with Crippen LogP contribution in [-0.4, -0.2) is 133 Å². The first-order valence-corrected chi connectivity index (χ1v) is 18.4. The number of aliphatic hydroxyl groups is 1. The topological polar surface area (TPSA) is 118 Å². The smallest absolute Gasteiger partial charge is 0.319 e. The van der Waals surface area contributed by atoms with E-state index < -0.39 is 41.4 Å². The number of methoxy groups -OCH3 is 1. The molecule has 4 fully saturated rings. The van der Waals surface area contributed by atoms with E-state index in [1.807, 2.05) is 39.8 Å². The lowest BCUT2D eigenvalue weighted by Crippen LogP contribution is -2.59. The van der Waals surface area contributed by atoms with Gasteiger partial charge < -0.3 is 33.9 Å². The number of piperidine rings is 1. The van der Waals surface area contributed by atoms with Gasteiger partial charge in [0.1, 0.15) is 18.1 Å². The summed E-state index contributed by atoms with van der Waals surface area (Å²) < 4.78 is 25.2. The molecule has 0 aliphatic carbocycles. The molecule has 1 amide bonds. The van der Waals surface area contributed by atoms with Crippen molar-refractivity contribution in [1.29, 1.82) is 0 Å². The predicted octanol–water partition coefficient (Wildman–Crippen LogP) is 3.89. The van der Waals surface area contributed by atoms with Gasteiger partial charge in [-0.3, -0.25) is 19.3 Å². The van der Waals surface area contributed by atoms with Gasteiger partial charge in [-0.2, -0.15) is 0 Å². The van der Waals surface area contributed by atoms with Gasteiger partial charge in [0.05, 0.1) is 17.8 Å². The van der Waals surface area contributed by atoms with Gasteiger partial charge in [-0.1, -0.05) is 20.8 Å². The summed E-state index contributed by atoms with van der Waals surface area (Å²) in [7, 11) is 7.58. The molecule has 0 aromatic carbocycles. The van der Waals surface area contributed by atoms with Gasteiger partial charge in [-0.05, 0) is 106 Å². The van der Waals surface area contributed by atoms with Crippen LogP contribution in [0.15, 0.2) is 0 Å². The third kappa shape index (κ3) is 8.12. The Labute approximate surface area is 289 Å². The molecule has 0 saturated carbocycles. The monoisotopic (exact) mass is 679 g/mol. The molecule has 4 aliphatic heterocycles. The van der Waals surface area contributed by atoms with Crippen molar-refractivity contribution in [3.05, 3.63) is 0 Å². The number of carbonyl (C=O) groups excluding carboxylic acids is 3. The Kier molecular flexibility index (Phi) is 12.8. The molecule has 0 spiro atoms. The zero-order valence-electron chi connectivity index (χ0n) is 31.6. The summed E-state index contributed by atoms with van der Waals surface area (Å²) >= 11 is 0. The second kappa shape index (κ2) is 15.7. The number of cyclic esters (lactones) is 1. The van der Waals surface area contributed by atoms with Gasteiger partial charge >= 0.3 is 5.97 Å². The molecule has 4 rings (SSSR count). The molecule has 2 unspecified atom stereocenters. The second-order valence-corrected chi connectivity index (χ2v) is 16.5. The zero-order chi connectivity index (χ0) is 35.7. The molecule has 0 aromatic heterocycles. The maximum atomic E-state index is 14.3. The molecular formula is C37H65N3O8. The molecule has 1 N–H and O–H groups in total. The number of aliphatic hydroxyl groups excluding tert-OH is 1. The highest BCUT2D eigenvalue weighted by molar-refractivity contribution is 6.04. The molecule has 0 aromatic rings. The number of ether oxygens (including phenoxy) is 4. The number of nitrogens with zero attached hydrogens (tertiary/aromatic N) is 3. The van der Waals surface area contributed by atoms with Gasteiger partial charge in [0.25, 0.3) is 0 Å². The summed E-state index contributed by atoms with van der Waals surface area (Å²) in [6.07, 6.45) is 3.55. The third-order valence-corrected chi connectivity index (χ3v) is 12.0. The van der Waals surface area contributed by atoms with E-state index in [-0.39, 0.29) is 60.4 Å². The molecule has 276 valence electrons. The van der Waals surface area contributed by atoms with Crippen LogP contribution in [0.1, 0.15) is 99.8 Å². The van der Waals surface area contributed by atoms with Crippen molar-refractivity contribution >= 4 is 17.7 Å². The van der Waals surface area contributed by atoms with Gasteiger partial charge in [0, 0.05) is 50.2 Å².